The lowest BCUT2D eigenvalue weighted by molar-refractivity contribution is -0.140. The molecule has 0 radical (unpaired) electrons. The van der Waals surface area contributed by atoms with Gasteiger partial charge in [-0.2, -0.15) is 5.26 Å². The Morgan fingerprint density at radius 1 is 1.12 bits per heavy atom. The monoisotopic (exact) mass is 596 g/mol. The van der Waals surface area contributed by atoms with Crippen LogP contribution in [0.4, 0.5) is 0 Å². The molecule has 0 aromatic heterocycles. The number of benzene rings is 3. The van der Waals surface area contributed by atoms with E-state index in [9.17, 15) is 20.3 Å². The first-order valence-electron chi connectivity index (χ1n) is 14.3. The molecule has 1 unspecified atom stereocenters. The highest BCUT2D eigenvalue weighted by Crippen LogP contribution is 2.42. The van der Waals surface area contributed by atoms with E-state index in [4.69, 9.17) is 21.1 Å². The van der Waals surface area contributed by atoms with Gasteiger partial charge in [0.25, 0.3) is 0 Å². The van der Waals surface area contributed by atoms with E-state index in [2.05, 4.69) is 41.7 Å². The molecule has 0 aliphatic heterocycles. The predicted octanol–water partition coefficient (Wildman–Crippen LogP) is 6.71. The molecule has 8 heteroatoms. The maximum atomic E-state index is 11.5. The Morgan fingerprint density at radius 3 is 2.72 bits per heavy atom. The number of hydrogen-bond donors (Lipinski definition) is 3. The molecule has 220 valence electrons. The van der Waals surface area contributed by atoms with Crippen LogP contribution in [-0.4, -0.2) is 35.4 Å². The Kier molecular flexibility index (Phi) is 9.96. The molecule has 3 aromatic carbocycles. The zero-order valence-electron chi connectivity index (χ0n) is 23.6. The van der Waals surface area contributed by atoms with Crippen LogP contribution in [0.3, 0.4) is 0 Å². The average Bonchev–Trinajstić information content (AvgIpc) is 3.41. The molecule has 0 heterocycles. The molecule has 5 rings (SSSR count). The minimum atomic E-state index is -1.16. The van der Waals surface area contributed by atoms with E-state index in [-0.39, 0.29) is 19.3 Å². The van der Waals surface area contributed by atoms with E-state index in [1.165, 1.54) is 16.7 Å². The van der Waals surface area contributed by atoms with Gasteiger partial charge in [0.15, 0.2) is 0 Å². The van der Waals surface area contributed by atoms with Crippen molar-refractivity contribution in [3.8, 4) is 28.7 Å². The number of aliphatic hydroxyl groups is 1. The molecule has 0 spiro atoms. The highest BCUT2D eigenvalue weighted by atomic mass is 35.5. The third kappa shape index (κ3) is 7.36. The van der Waals surface area contributed by atoms with Crippen LogP contribution in [0, 0.1) is 11.3 Å². The second-order valence-electron chi connectivity index (χ2n) is 10.5. The first kappa shape index (κ1) is 30.1. The summed E-state index contributed by atoms with van der Waals surface area (Å²) in [7, 11) is 0. The highest BCUT2D eigenvalue weighted by Gasteiger charge is 2.28. The van der Waals surface area contributed by atoms with Crippen LogP contribution in [0.5, 0.6) is 11.5 Å². The van der Waals surface area contributed by atoms with Crippen molar-refractivity contribution in [1.29, 1.82) is 5.26 Å². The molecule has 43 heavy (non-hydrogen) atoms. The van der Waals surface area contributed by atoms with Crippen LogP contribution >= 0.6 is 11.6 Å². The number of halogens is 1. The molecule has 0 fully saturated rings. The van der Waals surface area contributed by atoms with Gasteiger partial charge in [-0.3, -0.25) is 10.1 Å². The van der Waals surface area contributed by atoms with Gasteiger partial charge < -0.3 is 19.7 Å². The molecule has 2 aliphatic carbocycles. The maximum absolute atomic E-state index is 11.5. The zero-order chi connectivity index (χ0) is 30.2. The quantitative estimate of drug-likeness (QED) is 0.225. The second-order valence-corrected chi connectivity index (χ2v) is 10.9. The largest absolute Gasteiger partial charge is 0.488 e. The summed E-state index contributed by atoms with van der Waals surface area (Å²) in [6.45, 7) is -0.266. The highest BCUT2D eigenvalue weighted by molar-refractivity contribution is 6.32. The predicted molar refractivity (Wildman–Crippen MR) is 166 cm³/mol. The van der Waals surface area contributed by atoms with Gasteiger partial charge in [0.05, 0.1) is 23.3 Å². The normalized spacial score (nSPS) is 19.8. The van der Waals surface area contributed by atoms with Gasteiger partial charge >= 0.3 is 5.97 Å². The Balaban J connectivity index is 1.42. The number of fused-ring (bicyclic) bond motifs is 1. The molecule has 0 bridgehead atoms. The molecular formula is C35H33ClN2O5. The van der Waals surface area contributed by atoms with Crippen LogP contribution in [0.25, 0.3) is 11.1 Å². The SMILES string of the molecule is N#CC1=C/C(COc2cc(O[C@H]3CCc4c(-c5ccccc5)cccc43)c(Cl)cc2CNC(CO)C(=O)O)=C\CC/C=C\1. The van der Waals surface area contributed by atoms with Gasteiger partial charge in [-0.1, -0.05) is 72.3 Å². The first-order valence-corrected chi connectivity index (χ1v) is 14.7. The number of nitrogens with one attached hydrogen (secondary N) is 1. The molecule has 0 amide bonds. The summed E-state index contributed by atoms with van der Waals surface area (Å²) in [4.78, 5) is 11.5. The Hall–Kier alpha value is -4.35. The van der Waals surface area contributed by atoms with Crippen molar-refractivity contribution < 1.29 is 24.5 Å². The number of rotatable bonds is 11. The molecular weight excluding hydrogens is 564 g/mol. The molecule has 0 saturated carbocycles. The Labute approximate surface area is 256 Å². The van der Waals surface area contributed by atoms with Gasteiger partial charge in [0.1, 0.15) is 30.3 Å². The summed E-state index contributed by atoms with van der Waals surface area (Å²) in [6, 6.07) is 21.1. The lowest BCUT2D eigenvalue weighted by atomic mass is 9.97. The van der Waals surface area contributed by atoms with E-state index < -0.39 is 18.6 Å². The molecule has 2 aliphatic rings. The minimum Gasteiger partial charge on any atom is -0.488 e. The molecule has 3 aromatic rings. The van der Waals surface area contributed by atoms with Crippen molar-refractivity contribution in [2.75, 3.05) is 13.2 Å². The topological polar surface area (TPSA) is 112 Å². The van der Waals surface area contributed by atoms with Crippen molar-refractivity contribution in [3.05, 3.63) is 118 Å². The van der Waals surface area contributed by atoms with Crippen molar-refractivity contribution in [2.24, 2.45) is 0 Å². The number of nitriles is 1. The number of nitrogens with zero attached hydrogens (tertiary/aromatic N) is 1. The van der Waals surface area contributed by atoms with Crippen molar-refractivity contribution in [1.82, 2.24) is 5.32 Å². The molecule has 7 nitrogen and oxygen atoms in total. The number of hydrogen-bond acceptors (Lipinski definition) is 6. The molecule has 3 N–H and O–H groups in total. The van der Waals surface area contributed by atoms with Gasteiger partial charge in [0, 0.05) is 18.2 Å². The lowest BCUT2D eigenvalue weighted by Crippen LogP contribution is -2.39. The Bertz CT molecular complexity index is 1610. The maximum Gasteiger partial charge on any atom is 0.323 e. The summed E-state index contributed by atoms with van der Waals surface area (Å²) >= 11 is 6.73. The fourth-order valence-corrected chi connectivity index (χ4v) is 5.63. The summed E-state index contributed by atoms with van der Waals surface area (Å²) in [5.41, 5.74) is 6.77. The molecule has 0 saturated heterocycles. The molecule has 2 atom stereocenters. The van der Waals surface area contributed by atoms with Crippen LogP contribution in [0.2, 0.25) is 5.02 Å². The summed E-state index contributed by atoms with van der Waals surface area (Å²) < 4.78 is 12.8. The average molecular weight is 597 g/mol. The van der Waals surface area contributed by atoms with Crippen LogP contribution in [0.15, 0.2) is 96.1 Å². The fourth-order valence-electron chi connectivity index (χ4n) is 5.40. The summed E-state index contributed by atoms with van der Waals surface area (Å²) in [5.74, 6) is -0.230. The zero-order valence-corrected chi connectivity index (χ0v) is 24.4. The second kappa shape index (κ2) is 14.2. The van der Waals surface area contributed by atoms with Crippen molar-refractivity contribution >= 4 is 17.6 Å². The number of ether oxygens (including phenoxy) is 2. The van der Waals surface area contributed by atoms with E-state index in [0.717, 1.165) is 36.8 Å². The van der Waals surface area contributed by atoms with E-state index >= 15 is 0 Å². The number of aliphatic carboxylic acids is 1. The van der Waals surface area contributed by atoms with Crippen LogP contribution in [-0.2, 0) is 17.8 Å². The third-order valence-electron chi connectivity index (χ3n) is 7.61. The van der Waals surface area contributed by atoms with Crippen molar-refractivity contribution in [2.45, 2.75) is 44.4 Å². The fraction of sp³-hybridized carbons (Fsp3) is 0.257. The van der Waals surface area contributed by atoms with E-state index in [1.54, 1.807) is 24.3 Å². The third-order valence-corrected chi connectivity index (χ3v) is 7.90. The summed E-state index contributed by atoms with van der Waals surface area (Å²) in [6.07, 6.45) is 10.7. The smallest absolute Gasteiger partial charge is 0.323 e. The van der Waals surface area contributed by atoms with Gasteiger partial charge in [-0.15, -0.1) is 0 Å². The van der Waals surface area contributed by atoms with Crippen molar-refractivity contribution in [3.63, 3.8) is 0 Å². The number of carbonyl (C=O) groups is 1. The number of carboxylic acid groups (broad SMARTS) is 1. The number of carboxylic acids is 1. The first-order chi connectivity index (χ1) is 21.0. The summed E-state index contributed by atoms with van der Waals surface area (Å²) in [5, 5.41) is 31.5. The van der Waals surface area contributed by atoms with Crippen LogP contribution < -0.4 is 14.8 Å². The lowest BCUT2D eigenvalue weighted by Gasteiger charge is -2.20. The van der Waals surface area contributed by atoms with Crippen LogP contribution in [0.1, 0.15) is 42.1 Å². The Morgan fingerprint density at radius 2 is 1.95 bits per heavy atom. The number of allylic oxidation sites excluding steroid dienone is 4. The van der Waals surface area contributed by atoms with Gasteiger partial charge in [0.2, 0.25) is 0 Å². The van der Waals surface area contributed by atoms with Gasteiger partial charge in [-0.25, -0.2) is 0 Å². The van der Waals surface area contributed by atoms with E-state index in [0.29, 0.717) is 27.7 Å². The minimum absolute atomic E-state index is 0.0978. The van der Waals surface area contributed by atoms with Gasteiger partial charge in [-0.05, 0) is 71.7 Å². The van der Waals surface area contributed by atoms with E-state index in [1.807, 2.05) is 30.4 Å². The standard InChI is InChI=1S/C35H33ClN2O5/c36-30-17-26(20-38-31(21-39)35(40)41)33(42-22-24-9-4-1-3-8-23(16-24)19-37)18-34(30)43-32-15-14-28-27(12-7-13-29(28)32)25-10-5-2-6-11-25/h2-3,5-13,16-18,31-32,38-39H,1,4,14-15,20-22H2,(H,40,41)/b8-3-,23-16+,24-9+/t31?,32-/m0/s1. The number of aliphatic hydroxyl groups excluding tert-OH is 1.